The molecular weight excluding hydrogens is 310 g/mol. The molecule has 4 heterocycles. The number of aryl methyl sites for hydroxylation is 2. The lowest BCUT2D eigenvalue weighted by molar-refractivity contribution is 1.01. The molecule has 0 bridgehead atoms. The SMILES string of the molecule is CCc1ccc(CC)c(-c2nc3ccccn3c2-c2ccncn2)n1. The molecule has 124 valence electrons. The first-order valence-corrected chi connectivity index (χ1v) is 8.54. The van der Waals surface area contributed by atoms with E-state index in [0.29, 0.717) is 0 Å². The maximum absolute atomic E-state index is 4.89. The van der Waals surface area contributed by atoms with Crippen molar-refractivity contribution in [1.29, 1.82) is 0 Å². The number of rotatable bonds is 4. The Labute approximate surface area is 146 Å². The molecule has 0 amide bonds. The van der Waals surface area contributed by atoms with Crippen LogP contribution in [-0.2, 0) is 12.8 Å². The Morgan fingerprint density at radius 3 is 2.60 bits per heavy atom. The average Bonchev–Trinajstić information content (AvgIpc) is 3.07. The monoisotopic (exact) mass is 329 g/mol. The predicted molar refractivity (Wildman–Crippen MR) is 98.2 cm³/mol. The molecule has 0 saturated heterocycles. The van der Waals surface area contributed by atoms with Gasteiger partial charge >= 0.3 is 0 Å². The summed E-state index contributed by atoms with van der Waals surface area (Å²) in [5.41, 5.74) is 6.75. The molecule has 0 spiro atoms. The second-order valence-corrected chi connectivity index (χ2v) is 5.85. The van der Waals surface area contributed by atoms with Crippen molar-refractivity contribution in [2.45, 2.75) is 26.7 Å². The largest absolute Gasteiger partial charge is 0.298 e. The van der Waals surface area contributed by atoms with E-state index in [0.717, 1.165) is 47.0 Å². The van der Waals surface area contributed by atoms with Crippen molar-refractivity contribution in [3.63, 3.8) is 0 Å². The molecule has 4 aromatic rings. The molecule has 5 heteroatoms. The predicted octanol–water partition coefficient (Wildman–Crippen LogP) is 3.98. The first-order valence-electron chi connectivity index (χ1n) is 8.54. The van der Waals surface area contributed by atoms with E-state index < -0.39 is 0 Å². The van der Waals surface area contributed by atoms with Crippen LogP contribution in [0.2, 0.25) is 0 Å². The van der Waals surface area contributed by atoms with Gasteiger partial charge in [0.1, 0.15) is 23.4 Å². The smallest absolute Gasteiger partial charge is 0.138 e. The Morgan fingerprint density at radius 2 is 1.84 bits per heavy atom. The van der Waals surface area contributed by atoms with E-state index in [2.05, 4.69) is 40.3 Å². The first kappa shape index (κ1) is 15.4. The highest BCUT2D eigenvalue weighted by Crippen LogP contribution is 2.32. The zero-order valence-corrected chi connectivity index (χ0v) is 14.3. The fraction of sp³-hybridized carbons (Fsp3) is 0.200. The van der Waals surface area contributed by atoms with Gasteiger partial charge in [0.2, 0.25) is 0 Å². The van der Waals surface area contributed by atoms with Gasteiger partial charge in [-0.3, -0.25) is 9.38 Å². The molecule has 0 aliphatic carbocycles. The van der Waals surface area contributed by atoms with Crippen molar-refractivity contribution in [1.82, 2.24) is 24.3 Å². The highest BCUT2D eigenvalue weighted by atomic mass is 15.0. The van der Waals surface area contributed by atoms with Crippen LogP contribution in [0.15, 0.2) is 55.1 Å². The summed E-state index contributed by atoms with van der Waals surface area (Å²) in [6, 6.07) is 12.2. The third-order valence-corrected chi connectivity index (χ3v) is 4.36. The van der Waals surface area contributed by atoms with Gasteiger partial charge in [-0.1, -0.05) is 26.0 Å². The fourth-order valence-corrected chi connectivity index (χ4v) is 3.05. The van der Waals surface area contributed by atoms with Crippen molar-refractivity contribution in [3.8, 4) is 22.8 Å². The van der Waals surface area contributed by atoms with Crippen LogP contribution in [0.5, 0.6) is 0 Å². The van der Waals surface area contributed by atoms with Gasteiger partial charge in [-0.05, 0) is 42.7 Å². The Bertz CT molecular complexity index is 1020. The van der Waals surface area contributed by atoms with Crippen LogP contribution < -0.4 is 0 Å². The van der Waals surface area contributed by atoms with E-state index in [4.69, 9.17) is 9.97 Å². The highest BCUT2D eigenvalue weighted by Gasteiger charge is 2.20. The Balaban J connectivity index is 2.06. The summed E-state index contributed by atoms with van der Waals surface area (Å²) in [6.07, 6.45) is 7.14. The van der Waals surface area contributed by atoms with E-state index in [-0.39, 0.29) is 0 Å². The van der Waals surface area contributed by atoms with Crippen LogP contribution in [0.1, 0.15) is 25.1 Å². The molecule has 5 nitrogen and oxygen atoms in total. The lowest BCUT2D eigenvalue weighted by Crippen LogP contribution is -1.99. The van der Waals surface area contributed by atoms with Crippen LogP contribution in [0.3, 0.4) is 0 Å². The van der Waals surface area contributed by atoms with Crippen molar-refractivity contribution in [2.24, 2.45) is 0 Å². The zero-order chi connectivity index (χ0) is 17.2. The van der Waals surface area contributed by atoms with Gasteiger partial charge in [-0.25, -0.2) is 15.0 Å². The number of hydrogen-bond donors (Lipinski definition) is 0. The molecule has 0 saturated carbocycles. The van der Waals surface area contributed by atoms with E-state index in [1.54, 1.807) is 12.5 Å². The molecule has 0 aliphatic rings. The Kier molecular flexibility index (Phi) is 3.98. The fourth-order valence-electron chi connectivity index (χ4n) is 3.05. The normalized spacial score (nSPS) is 11.1. The summed E-state index contributed by atoms with van der Waals surface area (Å²) in [5.74, 6) is 0. The summed E-state index contributed by atoms with van der Waals surface area (Å²) in [6.45, 7) is 4.26. The number of nitrogens with zero attached hydrogens (tertiary/aromatic N) is 5. The molecule has 4 rings (SSSR count). The second-order valence-electron chi connectivity index (χ2n) is 5.85. The number of pyridine rings is 2. The molecule has 0 N–H and O–H groups in total. The minimum atomic E-state index is 0.842. The Morgan fingerprint density at radius 1 is 0.920 bits per heavy atom. The van der Waals surface area contributed by atoms with Crippen molar-refractivity contribution >= 4 is 5.65 Å². The Hall–Kier alpha value is -3.08. The second kappa shape index (κ2) is 6.43. The molecular formula is C20H19N5. The maximum atomic E-state index is 4.89. The van der Waals surface area contributed by atoms with Gasteiger partial charge in [0.25, 0.3) is 0 Å². The number of aromatic nitrogens is 5. The van der Waals surface area contributed by atoms with Crippen LogP contribution in [0.25, 0.3) is 28.4 Å². The standard InChI is InChI=1S/C20H19N5/c1-3-14-8-9-15(4-2)23-18(14)19-20(16-10-11-21-13-22-16)25-12-6-5-7-17(25)24-19/h5-13H,3-4H2,1-2H3. The van der Waals surface area contributed by atoms with Gasteiger partial charge in [0.05, 0.1) is 11.4 Å². The van der Waals surface area contributed by atoms with E-state index in [1.165, 1.54) is 5.56 Å². The van der Waals surface area contributed by atoms with Crippen molar-refractivity contribution in [3.05, 3.63) is 66.4 Å². The maximum Gasteiger partial charge on any atom is 0.138 e. The van der Waals surface area contributed by atoms with Crippen LogP contribution >= 0.6 is 0 Å². The van der Waals surface area contributed by atoms with E-state index in [9.17, 15) is 0 Å². The van der Waals surface area contributed by atoms with E-state index in [1.807, 2.05) is 30.5 Å². The van der Waals surface area contributed by atoms with Crippen LogP contribution in [0, 0.1) is 0 Å². The molecule has 0 aliphatic heterocycles. The third kappa shape index (κ3) is 2.67. The zero-order valence-electron chi connectivity index (χ0n) is 14.3. The third-order valence-electron chi connectivity index (χ3n) is 4.36. The minimum absolute atomic E-state index is 0.842. The van der Waals surface area contributed by atoms with Gasteiger partial charge in [0.15, 0.2) is 0 Å². The summed E-state index contributed by atoms with van der Waals surface area (Å²) < 4.78 is 2.07. The van der Waals surface area contributed by atoms with Gasteiger partial charge in [-0.2, -0.15) is 0 Å². The summed E-state index contributed by atoms with van der Waals surface area (Å²) in [5, 5.41) is 0. The molecule has 0 fully saturated rings. The summed E-state index contributed by atoms with van der Waals surface area (Å²) in [7, 11) is 0. The summed E-state index contributed by atoms with van der Waals surface area (Å²) >= 11 is 0. The molecule has 0 unspecified atom stereocenters. The van der Waals surface area contributed by atoms with Crippen molar-refractivity contribution in [2.75, 3.05) is 0 Å². The molecule has 0 aromatic carbocycles. The molecule has 0 radical (unpaired) electrons. The molecule has 0 atom stereocenters. The van der Waals surface area contributed by atoms with Crippen molar-refractivity contribution < 1.29 is 0 Å². The highest BCUT2D eigenvalue weighted by molar-refractivity contribution is 5.80. The number of hydrogen-bond acceptors (Lipinski definition) is 4. The average molecular weight is 329 g/mol. The van der Waals surface area contributed by atoms with Gasteiger partial charge in [-0.15, -0.1) is 0 Å². The van der Waals surface area contributed by atoms with Gasteiger partial charge in [0, 0.05) is 18.1 Å². The van der Waals surface area contributed by atoms with E-state index >= 15 is 0 Å². The topological polar surface area (TPSA) is 56.0 Å². The number of imidazole rings is 1. The first-order chi connectivity index (χ1) is 12.3. The van der Waals surface area contributed by atoms with Crippen LogP contribution in [0.4, 0.5) is 0 Å². The molecule has 4 aromatic heterocycles. The minimum Gasteiger partial charge on any atom is -0.298 e. The van der Waals surface area contributed by atoms with Crippen LogP contribution in [-0.4, -0.2) is 24.3 Å². The summed E-state index contributed by atoms with van der Waals surface area (Å²) in [4.78, 5) is 18.3. The lowest BCUT2D eigenvalue weighted by Gasteiger charge is -2.09. The van der Waals surface area contributed by atoms with Gasteiger partial charge < -0.3 is 0 Å². The lowest BCUT2D eigenvalue weighted by atomic mass is 10.0. The molecule has 25 heavy (non-hydrogen) atoms. The number of fused-ring (bicyclic) bond motifs is 1. The quantitative estimate of drug-likeness (QED) is 0.568.